The zero-order chi connectivity index (χ0) is 13.7. The van der Waals surface area contributed by atoms with E-state index in [2.05, 4.69) is 15.9 Å². The SMILES string of the molecule is O=C(Cc1ccc(Br)cc1)OCC(=O)N1CCCC1. The molecular weight excluding hydrogens is 310 g/mol. The molecule has 1 amide bonds. The Morgan fingerprint density at radius 1 is 1.16 bits per heavy atom. The standard InChI is InChI=1S/C14H16BrNO3/c15-12-5-3-11(4-6-12)9-14(18)19-10-13(17)16-7-1-2-8-16/h3-6H,1-2,7-10H2. The number of halogens is 1. The predicted octanol–water partition coefficient (Wildman–Crippen LogP) is 2.16. The second-order valence-electron chi connectivity index (χ2n) is 4.55. The lowest BCUT2D eigenvalue weighted by Crippen LogP contribution is -2.32. The smallest absolute Gasteiger partial charge is 0.310 e. The molecule has 0 unspecified atom stereocenters. The van der Waals surface area contributed by atoms with E-state index in [0.717, 1.165) is 36.0 Å². The first-order valence-corrected chi connectivity index (χ1v) is 7.12. The molecule has 0 aromatic heterocycles. The van der Waals surface area contributed by atoms with Crippen molar-refractivity contribution in [3.8, 4) is 0 Å². The van der Waals surface area contributed by atoms with E-state index in [-0.39, 0.29) is 24.9 Å². The Bertz CT molecular complexity index is 452. The van der Waals surface area contributed by atoms with Crippen LogP contribution >= 0.6 is 15.9 Å². The summed E-state index contributed by atoms with van der Waals surface area (Å²) in [5, 5.41) is 0. The van der Waals surface area contributed by atoms with Crippen LogP contribution in [0, 0.1) is 0 Å². The predicted molar refractivity (Wildman–Crippen MR) is 74.6 cm³/mol. The second kappa shape index (κ2) is 6.70. The molecule has 1 aliphatic heterocycles. The number of hydrogen-bond acceptors (Lipinski definition) is 3. The van der Waals surface area contributed by atoms with Gasteiger partial charge >= 0.3 is 5.97 Å². The van der Waals surface area contributed by atoms with Crippen LogP contribution in [-0.2, 0) is 20.7 Å². The maximum Gasteiger partial charge on any atom is 0.310 e. The fourth-order valence-electron chi connectivity index (χ4n) is 2.02. The van der Waals surface area contributed by atoms with E-state index in [1.807, 2.05) is 24.3 Å². The van der Waals surface area contributed by atoms with E-state index in [1.165, 1.54) is 0 Å². The van der Waals surface area contributed by atoms with Gasteiger partial charge in [-0.2, -0.15) is 0 Å². The molecule has 1 aliphatic rings. The number of benzene rings is 1. The summed E-state index contributed by atoms with van der Waals surface area (Å²) in [5.74, 6) is -0.462. The van der Waals surface area contributed by atoms with Crippen molar-refractivity contribution in [3.05, 3.63) is 34.3 Å². The van der Waals surface area contributed by atoms with Gasteiger partial charge in [0.2, 0.25) is 0 Å². The number of ether oxygens (including phenoxy) is 1. The number of carbonyl (C=O) groups excluding carboxylic acids is 2. The van der Waals surface area contributed by atoms with Crippen molar-refractivity contribution >= 4 is 27.8 Å². The van der Waals surface area contributed by atoms with Crippen LogP contribution in [0.15, 0.2) is 28.7 Å². The molecule has 5 heteroatoms. The van der Waals surface area contributed by atoms with Crippen molar-refractivity contribution in [2.45, 2.75) is 19.3 Å². The Morgan fingerprint density at radius 3 is 2.42 bits per heavy atom. The highest BCUT2D eigenvalue weighted by Gasteiger charge is 2.19. The molecule has 0 bridgehead atoms. The lowest BCUT2D eigenvalue weighted by atomic mass is 10.2. The summed E-state index contributed by atoms with van der Waals surface area (Å²) in [6, 6.07) is 7.46. The van der Waals surface area contributed by atoms with Gasteiger partial charge in [-0.05, 0) is 30.5 Å². The van der Waals surface area contributed by atoms with E-state index >= 15 is 0 Å². The fraction of sp³-hybridized carbons (Fsp3) is 0.429. The molecule has 0 saturated carbocycles. The van der Waals surface area contributed by atoms with E-state index in [0.29, 0.717) is 0 Å². The Balaban J connectivity index is 1.75. The van der Waals surface area contributed by atoms with Crippen LogP contribution in [0.2, 0.25) is 0 Å². The average Bonchev–Trinajstić information content (AvgIpc) is 2.93. The Hall–Kier alpha value is -1.36. The molecule has 0 N–H and O–H groups in total. The summed E-state index contributed by atoms with van der Waals surface area (Å²) in [6.45, 7) is 1.42. The minimum Gasteiger partial charge on any atom is -0.455 e. The highest BCUT2D eigenvalue weighted by Crippen LogP contribution is 2.11. The quantitative estimate of drug-likeness (QED) is 0.797. The van der Waals surface area contributed by atoms with Crippen LogP contribution in [-0.4, -0.2) is 36.5 Å². The van der Waals surface area contributed by atoms with Crippen molar-refractivity contribution in [1.29, 1.82) is 0 Å². The van der Waals surface area contributed by atoms with Gasteiger partial charge in [-0.25, -0.2) is 0 Å². The van der Waals surface area contributed by atoms with E-state index in [1.54, 1.807) is 4.90 Å². The number of esters is 1. The van der Waals surface area contributed by atoms with Crippen LogP contribution in [0.1, 0.15) is 18.4 Å². The number of rotatable bonds is 4. The zero-order valence-corrected chi connectivity index (χ0v) is 12.2. The van der Waals surface area contributed by atoms with Crippen molar-refractivity contribution in [2.24, 2.45) is 0 Å². The van der Waals surface area contributed by atoms with Gasteiger partial charge in [0.15, 0.2) is 6.61 Å². The van der Waals surface area contributed by atoms with Crippen LogP contribution in [0.5, 0.6) is 0 Å². The molecule has 0 atom stereocenters. The summed E-state index contributed by atoms with van der Waals surface area (Å²) in [5.41, 5.74) is 0.877. The number of carbonyl (C=O) groups is 2. The first kappa shape index (κ1) is 14.1. The number of hydrogen-bond donors (Lipinski definition) is 0. The summed E-state index contributed by atoms with van der Waals surface area (Å²) in [4.78, 5) is 25.0. The van der Waals surface area contributed by atoms with E-state index in [9.17, 15) is 9.59 Å². The molecule has 1 saturated heterocycles. The Kier molecular flexibility index (Phi) is 4.96. The third-order valence-corrected chi connectivity index (χ3v) is 3.61. The topological polar surface area (TPSA) is 46.6 Å². The summed E-state index contributed by atoms with van der Waals surface area (Å²) in [6.07, 6.45) is 2.28. The lowest BCUT2D eigenvalue weighted by molar-refractivity contribution is -0.151. The van der Waals surface area contributed by atoms with Gasteiger partial charge in [-0.3, -0.25) is 9.59 Å². The monoisotopic (exact) mass is 325 g/mol. The molecule has 2 rings (SSSR count). The summed E-state index contributed by atoms with van der Waals surface area (Å²) < 4.78 is 5.98. The highest BCUT2D eigenvalue weighted by molar-refractivity contribution is 9.10. The van der Waals surface area contributed by atoms with Crippen LogP contribution in [0.25, 0.3) is 0 Å². The van der Waals surface area contributed by atoms with Crippen molar-refractivity contribution < 1.29 is 14.3 Å². The van der Waals surface area contributed by atoms with Crippen LogP contribution in [0.3, 0.4) is 0 Å². The largest absolute Gasteiger partial charge is 0.455 e. The van der Waals surface area contributed by atoms with Gasteiger partial charge in [-0.15, -0.1) is 0 Å². The highest BCUT2D eigenvalue weighted by atomic mass is 79.9. The fourth-order valence-corrected chi connectivity index (χ4v) is 2.28. The van der Waals surface area contributed by atoms with Crippen molar-refractivity contribution in [3.63, 3.8) is 0 Å². The van der Waals surface area contributed by atoms with E-state index < -0.39 is 0 Å². The molecule has 1 heterocycles. The molecule has 1 aromatic carbocycles. The number of amides is 1. The van der Waals surface area contributed by atoms with Gasteiger partial charge < -0.3 is 9.64 Å². The number of likely N-dealkylation sites (tertiary alicyclic amines) is 1. The molecule has 0 aliphatic carbocycles. The van der Waals surface area contributed by atoms with Crippen LogP contribution < -0.4 is 0 Å². The summed E-state index contributed by atoms with van der Waals surface area (Å²) >= 11 is 3.33. The zero-order valence-electron chi connectivity index (χ0n) is 10.6. The third kappa shape index (κ3) is 4.35. The van der Waals surface area contributed by atoms with Crippen LogP contribution in [0.4, 0.5) is 0 Å². The molecule has 19 heavy (non-hydrogen) atoms. The second-order valence-corrected chi connectivity index (χ2v) is 5.47. The normalized spacial score (nSPS) is 14.5. The molecule has 0 radical (unpaired) electrons. The molecule has 0 spiro atoms. The molecule has 102 valence electrons. The molecule has 4 nitrogen and oxygen atoms in total. The molecule has 1 fully saturated rings. The molecule has 1 aromatic rings. The lowest BCUT2D eigenvalue weighted by Gasteiger charge is -2.14. The first-order chi connectivity index (χ1) is 9.15. The first-order valence-electron chi connectivity index (χ1n) is 6.33. The molecular formula is C14H16BrNO3. The maximum atomic E-state index is 11.7. The third-order valence-electron chi connectivity index (χ3n) is 3.08. The van der Waals surface area contributed by atoms with Gasteiger partial charge in [0.1, 0.15) is 0 Å². The minimum absolute atomic E-state index is 0.0957. The average molecular weight is 326 g/mol. The van der Waals surface area contributed by atoms with E-state index in [4.69, 9.17) is 4.74 Å². The Labute approximate surface area is 120 Å². The maximum absolute atomic E-state index is 11.7. The van der Waals surface area contributed by atoms with Gasteiger partial charge in [0.05, 0.1) is 6.42 Å². The van der Waals surface area contributed by atoms with Gasteiger partial charge in [-0.1, -0.05) is 28.1 Å². The Morgan fingerprint density at radius 2 is 1.79 bits per heavy atom. The minimum atomic E-state index is -0.366. The summed E-state index contributed by atoms with van der Waals surface area (Å²) in [7, 11) is 0. The van der Waals surface area contributed by atoms with Crippen molar-refractivity contribution in [1.82, 2.24) is 4.90 Å². The van der Waals surface area contributed by atoms with Gasteiger partial charge in [0, 0.05) is 17.6 Å². The van der Waals surface area contributed by atoms with Gasteiger partial charge in [0.25, 0.3) is 5.91 Å². The number of nitrogens with zero attached hydrogens (tertiary/aromatic N) is 1. The van der Waals surface area contributed by atoms with Crippen molar-refractivity contribution in [2.75, 3.05) is 19.7 Å².